The third-order valence-electron chi connectivity index (χ3n) is 2.49. The Balaban J connectivity index is 0.000000385. The molecule has 0 fully saturated rings. The highest BCUT2D eigenvalue weighted by Gasteiger charge is 2.22. The maximum Gasteiger partial charge on any atom is 0.262 e. The predicted molar refractivity (Wildman–Crippen MR) is 59.1 cm³/mol. The fourth-order valence-electron chi connectivity index (χ4n) is 1.42. The molecule has 6 nitrogen and oxygen atoms in total. The predicted octanol–water partition coefficient (Wildman–Crippen LogP) is -1.13. The molecule has 1 aliphatic rings. The zero-order valence-corrected chi connectivity index (χ0v) is 10.9. The van der Waals surface area contributed by atoms with E-state index < -0.39 is 7.82 Å². The maximum absolute atomic E-state index is 8.77. The topological polar surface area (TPSA) is 88.3 Å². The molecular formula is C9H21N2O4P. The molecule has 0 aromatic rings. The first-order valence-electron chi connectivity index (χ1n) is 5.28. The highest BCUT2D eigenvalue weighted by molar-refractivity contribution is 7.43. The Labute approximate surface area is 96.4 Å². The summed E-state index contributed by atoms with van der Waals surface area (Å²) in [5.41, 5.74) is 0. The fraction of sp³-hybridized carbons (Fsp3) is 0.778. The van der Waals surface area contributed by atoms with Crippen LogP contribution in [0, 0.1) is 0 Å². The van der Waals surface area contributed by atoms with Crippen LogP contribution in [0.3, 0.4) is 0 Å². The molecule has 2 unspecified atom stereocenters. The number of quaternary nitrogens is 1. The third kappa shape index (κ3) is 7.84. The highest BCUT2D eigenvalue weighted by atomic mass is 31.2. The van der Waals surface area contributed by atoms with E-state index in [4.69, 9.17) is 19.2 Å². The summed E-state index contributed by atoms with van der Waals surface area (Å²) >= 11 is 0. The lowest BCUT2D eigenvalue weighted by Crippen LogP contribution is -3.10. The van der Waals surface area contributed by atoms with Crippen molar-refractivity contribution in [2.45, 2.75) is 32.9 Å². The monoisotopic (exact) mass is 252 g/mol. The molecule has 0 spiro atoms. The highest BCUT2D eigenvalue weighted by Crippen LogP contribution is 2.18. The number of hydrogen-bond acceptors (Lipinski definition) is 3. The van der Waals surface area contributed by atoms with Crippen molar-refractivity contribution < 1.29 is 24.1 Å². The van der Waals surface area contributed by atoms with E-state index in [-0.39, 0.29) is 0 Å². The average molecular weight is 252 g/mol. The van der Waals surface area contributed by atoms with E-state index in [0.29, 0.717) is 6.17 Å². The van der Waals surface area contributed by atoms with Gasteiger partial charge in [-0.15, -0.1) is 0 Å². The van der Waals surface area contributed by atoms with Gasteiger partial charge in [-0.1, -0.05) is 13.3 Å². The summed E-state index contributed by atoms with van der Waals surface area (Å²) in [4.78, 5) is 26.8. The number of unbranched alkanes of at least 4 members (excludes halogenated alkanes) is 1. The third-order valence-corrected chi connectivity index (χ3v) is 2.49. The van der Waals surface area contributed by atoms with Crippen LogP contribution in [0.1, 0.15) is 26.7 Å². The summed E-state index contributed by atoms with van der Waals surface area (Å²) in [5.74, 6) is 0. The molecule has 0 aliphatic carbocycles. The van der Waals surface area contributed by atoms with E-state index in [1.807, 2.05) is 0 Å². The Morgan fingerprint density at radius 1 is 1.56 bits per heavy atom. The van der Waals surface area contributed by atoms with Gasteiger partial charge in [0, 0.05) is 14.0 Å². The van der Waals surface area contributed by atoms with Gasteiger partial charge in [0.05, 0.1) is 12.7 Å². The molecule has 96 valence electrons. The minimum absolute atomic E-state index is 0.640. The van der Waals surface area contributed by atoms with Crippen LogP contribution in [0.5, 0.6) is 0 Å². The first-order valence-corrected chi connectivity index (χ1v) is 6.81. The van der Waals surface area contributed by atoms with Crippen molar-refractivity contribution in [3.05, 3.63) is 12.4 Å². The number of hydrogen-bond donors (Lipinski definition) is 3. The van der Waals surface area contributed by atoms with Gasteiger partial charge in [0.1, 0.15) is 6.20 Å². The fourth-order valence-corrected chi connectivity index (χ4v) is 1.42. The van der Waals surface area contributed by atoms with Crippen LogP contribution in [-0.4, -0.2) is 34.4 Å². The molecule has 0 aromatic carbocycles. The van der Waals surface area contributed by atoms with E-state index in [9.17, 15) is 0 Å². The number of nitrogens with zero attached hydrogens (tertiary/aromatic N) is 1. The second-order valence-corrected chi connectivity index (χ2v) is 4.81. The number of phosphoric acid groups is 1. The van der Waals surface area contributed by atoms with Gasteiger partial charge in [-0.2, -0.15) is 0 Å². The zero-order valence-electron chi connectivity index (χ0n) is 9.96. The average Bonchev–Trinajstić information content (AvgIpc) is 2.42. The summed E-state index contributed by atoms with van der Waals surface area (Å²) in [5, 5.41) is 0. The molecule has 0 bridgehead atoms. The van der Waals surface area contributed by atoms with E-state index in [0.717, 1.165) is 0 Å². The Morgan fingerprint density at radius 2 is 2.06 bits per heavy atom. The van der Waals surface area contributed by atoms with E-state index >= 15 is 0 Å². The molecule has 0 radical (unpaired) electrons. The summed E-state index contributed by atoms with van der Waals surface area (Å²) in [6.45, 7) is 5.79. The van der Waals surface area contributed by atoms with Crippen LogP contribution in [0.4, 0.5) is 0 Å². The van der Waals surface area contributed by atoms with Gasteiger partial charge < -0.3 is 19.6 Å². The second-order valence-electron chi connectivity index (χ2n) is 3.83. The van der Waals surface area contributed by atoms with Gasteiger partial charge in [-0.25, -0.2) is 0 Å². The van der Waals surface area contributed by atoms with Crippen LogP contribution in [0.25, 0.3) is 0 Å². The molecule has 1 aliphatic heterocycles. The van der Waals surface area contributed by atoms with E-state index in [1.54, 1.807) is 4.90 Å². The molecule has 0 saturated heterocycles. The summed E-state index contributed by atoms with van der Waals surface area (Å²) in [7, 11) is -2.75. The first-order chi connectivity index (χ1) is 7.25. The molecule has 7 heteroatoms. The van der Waals surface area contributed by atoms with Crippen molar-refractivity contribution in [2.24, 2.45) is 0 Å². The Kier molecular flexibility index (Phi) is 6.87. The summed E-state index contributed by atoms with van der Waals surface area (Å²) in [6.07, 6.45) is 7.71. The largest absolute Gasteiger partial charge is 0.756 e. The molecule has 1 rings (SSSR count). The Hall–Kier alpha value is -0.390. The van der Waals surface area contributed by atoms with Gasteiger partial charge in [0.25, 0.3) is 7.82 Å². The zero-order chi connectivity index (χ0) is 12.8. The van der Waals surface area contributed by atoms with Crippen LogP contribution < -0.4 is 9.79 Å². The van der Waals surface area contributed by atoms with Crippen molar-refractivity contribution in [1.82, 2.24) is 4.90 Å². The van der Waals surface area contributed by atoms with Gasteiger partial charge in [-0.3, -0.25) is 9.46 Å². The Bertz CT molecular complexity index is 258. The lowest BCUT2D eigenvalue weighted by molar-refractivity contribution is -0.875. The van der Waals surface area contributed by atoms with Gasteiger partial charge in [0.15, 0.2) is 6.17 Å². The maximum atomic E-state index is 8.77. The van der Waals surface area contributed by atoms with Crippen molar-refractivity contribution >= 4 is 7.82 Å². The minimum Gasteiger partial charge on any atom is -0.756 e. The normalized spacial score (nSPS) is 24.2. The van der Waals surface area contributed by atoms with Gasteiger partial charge in [0.2, 0.25) is 0 Å². The summed E-state index contributed by atoms with van der Waals surface area (Å²) in [6, 6.07) is 0. The summed E-state index contributed by atoms with van der Waals surface area (Å²) < 4.78 is 8.77. The second kappa shape index (κ2) is 7.04. The van der Waals surface area contributed by atoms with Gasteiger partial charge in [-0.05, 0) is 6.42 Å². The van der Waals surface area contributed by atoms with Crippen molar-refractivity contribution in [1.29, 1.82) is 0 Å². The van der Waals surface area contributed by atoms with Crippen LogP contribution >= 0.6 is 7.82 Å². The SMILES string of the molecule is CCCC[NH+]1C=CN(C)C1C.O=P([O-])(O)O. The van der Waals surface area contributed by atoms with Crippen molar-refractivity contribution in [3.8, 4) is 0 Å². The molecule has 2 atom stereocenters. The lowest BCUT2D eigenvalue weighted by Gasteiger charge is -2.21. The molecule has 3 N–H and O–H groups in total. The molecule has 0 aromatic heterocycles. The molecule has 0 amide bonds. The van der Waals surface area contributed by atoms with Crippen LogP contribution in [-0.2, 0) is 4.57 Å². The van der Waals surface area contributed by atoms with E-state index in [2.05, 4.69) is 38.2 Å². The van der Waals surface area contributed by atoms with Crippen molar-refractivity contribution in [3.63, 3.8) is 0 Å². The standard InChI is InChI=1S/C9H18N2.H3O4P/c1-4-5-6-11-8-7-10(3)9(11)2;1-5(2,3)4/h7-9H,4-6H2,1-3H3;(H3,1,2,3,4). The van der Waals surface area contributed by atoms with Crippen LogP contribution in [0.15, 0.2) is 12.4 Å². The van der Waals surface area contributed by atoms with E-state index in [1.165, 1.54) is 19.4 Å². The quantitative estimate of drug-likeness (QED) is 0.553. The first kappa shape index (κ1) is 15.6. The van der Waals surface area contributed by atoms with Crippen molar-refractivity contribution in [2.75, 3.05) is 13.6 Å². The number of rotatable bonds is 3. The lowest BCUT2D eigenvalue weighted by atomic mass is 10.3. The molecule has 0 saturated carbocycles. The molecular weight excluding hydrogens is 231 g/mol. The molecule has 16 heavy (non-hydrogen) atoms. The molecule has 1 heterocycles. The Morgan fingerprint density at radius 3 is 2.38 bits per heavy atom. The smallest absolute Gasteiger partial charge is 0.262 e. The number of nitrogens with one attached hydrogen (secondary N) is 1. The van der Waals surface area contributed by atoms with Crippen LogP contribution in [0.2, 0.25) is 0 Å². The minimum atomic E-state index is -4.89. The van der Waals surface area contributed by atoms with Gasteiger partial charge >= 0.3 is 0 Å².